The van der Waals surface area contributed by atoms with E-state index in [0.717, 1.165) is 13.1 Å². The molecule has 0 unspecified atom stereocenters. The van der Waals surface area contributed by atoms with E-state index in [1.807, 2.05) is 4.90 Å². The van der Waals surface area contributed by atoms with Crippen LogP contribution in [0.2, 0.25) is 5.02 Å². The van der Waals surface area contributed by atoms with Gasteiger partial charge in [0.15, 0.2) is 5.82 Å². The minimum Gasteiger partial charge on any atom is -0.496 e. The highest BCUT2D eigenvalue weighted by Crippen LogP contribution is 2.42. The molecule has 2 aromatic carbocycles. The lowest BCUT2D eigenvalue weighted by molar-refractivity contribution is 0.0295. The summed E-state index contributed by atoms with van der Waals surface area (Å²) in [5.41, 5.74) is -0.379. The van der Waals surface area contributed by atoms with Gasteiger partial charge in [-0.05, 0) is 39.0 Å². The SMILES string of the molecule is COc1cccc(F)c1-c1c(Cl)cc2c(N3CCN(C(C)(C)C)CC3)nc(C(=O)N3CCOCC3)nc2c1F. The Morgan fingerprint density at radius 1 is 1.03 bits per heavy atom. The van der Waals surface area contributed by atoms with Crippen LogP contribution in [0.4, 0.5) is 14.6 Å². The molecule has 8 nitrogen and oxygen atoms in total. The van der Waals surface area contributed by atoms with E-state index in [2.05, 4.69) is 35.6 Å². The molecule has 0 N–H and O–H groups in total. The second kappa shape index (κ2) is 10.8. The Balaban J connectivity index is 1.68. The second-order valence-electron chi connectivity index (χ2n) is 10.7. The Morgan fingerprint density at radius 2 is 1.72 bits per heavy atom. The van der Waals surface area contributed by atoms with Gasteiger partial charge in [-0.1, -0.05) is 17.7 Å². The number of anilines is 1. The molecule has 3 heterocycles. The topological polar surface area (TPSA) is 71.0 Å². The standard InChI is InChI=1S/C28H32ClF2N5O3/c1-28(2,3)36-10-8-34(9-11-36)26-17-16-18(29)21(22-19(30)6-5-7-20(22)38-4)23(31)24(17)32-25(33-26)27(37)35-12-14-39-15-13-35/h5-7,16H,8-15H2,1-4H3. The van der Waals surface area contributed by atoms with Crippen LogP contribution in [-0.2, 0) is 4.74 Å². The van der Waals surface area contributed by atoms with E-state index in [0.29, 0.717) is 50.6 Å². The predicted molar refractivity (Wildman–Crippen MR) is 147 cm³/mol. The van der Waals surface area contributed by atoms with Gasteiger partial charge < -0.3 is 19.3 Å². The number of benzene rings is 2. The van der Waals surface area contributed by atoms with Crippen LogP contribution in [0.1, 0.15) is 31.4 Å². The number of rotatable bonds is 4. The van der Waals surface area contributed by atoms with Gasteiger partial charge in [0.25, 0.3) is 5.91 Å². The molecule has 5 rings (SSSR count). The highest BCUT2D eigenvalue weighted by molar-refractivity contribution is 6.34. The van der Waals surface area contributed by atoms with Gasteiger partial charge in [-0.25, -0.2) is 18.7 Å². The zero-order valence-electron chi connectivity index (χ0n) is 22.6. The molecule has 0 saturated carbocycles. The van der Waals surface area contributed by atoms with Gasteiger partial charge in [0.2, 0.25) is 5.82 Å². The Kier molecular flexibility index (Phi) is 7.63. The third-order valence-electron chi connectivity index (χ3n) is 7.33. The van der Waals surface area contributed by atoms with Crippen molar-refractivity contribution >= 4 is 34.2 Å². The zero-order valence-corrected chi connectivity index (χ0v) is 23.3. The minimum atomic E-state index is -0.839. The van der Waals surface area contributed by atoms with Crippen molar-refractivity contribution in [2.24, 2.45) is 0 Å². The van der Waals surface area contributed by atoms with Gasteiger partial charge in [-0.3, -0.25) is 9.69 Å². The Labute approximate surface area is 231 Å². The number of fused-ring (bicyclic) bond motifs is 1. The average molecular weight is 560 g/mol. The Bertz CT molecular complexity index is 1400. The molecule has 1 aromatic heterocycles. The van der Waals surface area contributed by atoms with Gasteiger partial charge in [-0.15, -0.1) is 0 Å². The minimum absolute atomic E-state index is 0.000416. The van der Waals surface area contributed by atoms with E-state index in [9.17, 15) is 4.79 Å². The van der Waals surface area contributed by atoms with E-state index >= 15 is 8.78 Å². The summed E-state index contributed by atoms with van der Waals surface area (Å²) in [6, 6.07) is 5.77. The smallest absolute Gasteiger partial charge is 0.291 e. The van der Waals surface area contributed by atoms with Gasteiger partial charge in [0.05, 0.1) is 30.9 Å². The molecular formula is C28H32ClF2N5O3. The first-order chi connectivity index (χ1) is 18.6. The molecule has 0 spiro atoms. The Morgan fingerprint density at radius 3 is 2.36 bits per heavy atom. The predicted octanol–water partition coefficient (Wildman–Crippen LogP) is 4.63. The molecule has 208 valence electrons. The number of hydrogen-bond donors (Lipinski definition) is 0. The lowest BCUT2D eigenvalue weighted by Gasteiger charge is -2.42. The zero-order chi connectivity index (χ0) is 27.9. The second-order valence-corrected chi connectivity index (χ2v) is 11.1. The molecule has 0 atom stereocenters. The third kappa shape index (κ3) is 5.25. The van der Waals surface area contributed by atoms with Gasteiger partial charge in [-0.2, -0.15) is 0 Å². The Hall–Kier alpha value is -3.08. The molecule has 0 radical (unpaired) electrons. The first kappa shape index (κ1) is 27.5. The number of piperazine rings is 1. The summed E-state index contributed by atoms with van der Waals surface area (Å²) in [6.07, 6.45) is 0. The number of hydrogen-bond acceptors (Lipinski definition) is 7. The first-order valence-electron chi connectivity index (χ1n) is 13.0. The largest absolute Gasteiger partial charge is 0.496 e. The van der Waals surface area contributed by atoms with Crippen LogP contribution in [-0.4, -0.2) is 90.8 Å². The maximum atomic E-state index is 16.4. The first-order valence-corrected chi connectivity index (χ1v) is 13.4. The normalized spacial score (nSPS) is 17.1. The number of ether oxygens (including phenoxy) is 2. The lowest BCUT2D eigenvalue weighted by Crippen LogP contribution is -2.53. The highest BCUT2D eigenvalue weighted by atomic mass is 35.5. The molecular weight excluding hydrogens is 528 g/mol. The molecule has 39 heavy (non-hydrogen) atoms. The summed E-state index contributed by atoms with van der Waals surface area (Å²) in [7, 11) is 1.38. The van der Waals surface area contributed by atoms with Crippen LogP contribution in [0.3, 0.4) is 0 Å². The van der Waals surface area contributed by atoms with Crippen LogP contribution < -0.4 is 9.64 Å². The van der Waals surface area contributed by atoms with Gasteiger partial charge in [0.1, 0.15) is 22.9 Å². The molecule has 2 aliphatic rings. The average Bonchev–Trinajstić information content (AvgIpc) is 2.93. The number of nitrogens with zero attached hydrogens (tertiary/aromatic N) is 5. The summed E-state index contributed by atoms with van der Waals surface area (Å²) < 4.78 is 42.1. The monoisotopic (exact) mass is 559 g/mol. The molecule has 2 fully saturated rings. The van der Waals surface area contributed by atoms with Crippen LogP contribution in [0.25, 0.3) is 22.0 Å². The number of carbonyl (C=O) groups is 1. The number of halogens is 3. The molecule has 2 aliphatic heterocycles. The fourth-order valence-corrected chi connectivity index (χ4v) is 5.45. The number of carbonyl (C=O) groups excluding carboxylic acids is 1. The molecule has 0 aliphatic carbocycles. The van der Waals surface area contributed by atoms with E-state index in [1.54, 1.807) is 11.0 Å². The van der Waals surface area contributed by atoms with E-state index in [4.69, 9.17) is 21.1 Å². The fourth-order valence-electron chi connectivity index (χ4n) is 5.16. The number of morpholine rings is 1. The highest BCUT2D eigenvalue weighted by Gasteiger charge is 2.31. The van der Waals surface area contributed by atoms with Crippen molar-refractivity contribution < 1.29 is 23.0 Å². The van der Waals surface area contributed by atoms with Crippen LogP contribution in [0.15, 0.2) is 24.3 Å². The molecule has 3 aromatic rings. The van der Waals surface area contributed by atoms with Crippen LogP contribution >= 0.6 is 11.6 Å². The van der Waals surface area contributed by atoms with Crippen LogP contribution in [0.5, 0.6) is 5.75 Å². The van der Waals surface area contributed by atoms with Crippen molar-refractivity contribution in [2.75, 3.05) is 64.5 Å². The van der Waals surface area contributed by atoms with E-state index < -0.39 is 17.5 Å². The summed E-state index contributed by atoms with van der Waals surface area (Å²) >= 11 is 6.63. The van der Waals surface area contributed by atoms with Crippen molar-refractivity contribution in [3.8, 4) is 16.9 Å². The number of amides is 1. The van der Waals surface area contributed by atoms with Gasteiger partial charge in [0, 0.05) is 55.8 Å². The molecule has 2 saturated heterocycles. The van der Waals surface area contributed by atoms with Crippen molar-refractivity contribution in [2.45, 2.75) is 26.3 Å². The van der Waals surface area contributed by atoms with Crippen molar-refractivity contribution in [3.63, 3.8) is 0 Å². The maximum Gasteiger partial charge on any atom is 0.291 e. The van der Waals surface area contributed by atoms with Crippen molar-refractivity contribution in [1.82, 2.24) is 19.8 Å². The summed E-state index contributed by atoms with van der Waals surface area (Å²) in [6.45, 7) is 10.9. The summed E-state index contributed by atoms with van der Waals surface area (Å²) in [4.78, 5) is 28.5. The van der Waals surface area contributed by atoms with Gasteiger partial charge >= 0.3 is 0 Å². The van der Waals surface area contributed by atoms with Crippen LogP contribution in [0, 0.1) is 11.6 Å². The third-order valence-corrected chi connectivity index (χ3v) is 7.62. The number of methoxy groups -OCH3 is 1. The molecule has 0 bridgehead atoms. The quantitative estimate of drug-likeness (QED) is 0.461. The molecule has 11 heteroatoms. The summed E-state index contributed by atoms with van der Waals surface area (Å²) in [5.74, 6) is -1.49. The lowest BCUT2D eigenvalue weighted by atomic mass is 10.0. The van der Waals surface area contributed by atoms with Crippen molar-refractivity contribution in [3.05, 3.63) is 46.7 Å². The summed E-state index contributed by atoms with van der Waals surface area (Å²) in [5, 5.41) is 0.355. The van der Waals surface area contributed by atoms with Crippen molar-refractivity contribution in [1.29, 1.82) is 0 Å². The number of aromatic nitrogens is 2. The van der Waals surface area contributed by atoms with E-state index in [-0.39, 0.29) is 38.8 Å². The molecule has 1 amide bonds. The maximum absolute atomic E-state index is 16.4. The fraction of sp³-hybridized carbons (Fsp3) is 0.464. The van der Waals surface area contributed by atoms with E-state index in [1.165, 1.54) is 25.3 Å².